The molecule has 3 rings (SSSR count). The molecule has 3 aromatic rings. The number of thiazole rings is 1. The first kappa shape index (κ1) is 8.20. The third-order valence-electron chi connectivity index (χ3n) is 2.09. The van der Waals surface area contributed by atoms with Crippen LogP contribution < -0.4 is 0 Å². The van der Waals surface area contributed by atoms with Gasteiger partial charge in [-0.2, -0.15) is 0 Å². The molecule has 0 aromatic carbocycles. The van der Waals surface area contributed by atoms with Gasteiger partial charge in [-0.25, -0.2) is 4.98 Å². The van der Waals surface area contributed by atoms with Crippen LogP contribution in [-0.2, 0) is 0 Å². The van der Waals surface area contributed by atoms with Gasteiger partial charge in [-0.3, -0.25) is 4.40 Å². The van der Waals surface area contributed by atoms with Crippen molar-refractivity contribution in [3.63, 3.8) is 0 Å². The van der Waals surface area contributed by atoms with Crippen molar-refractivity contribution >= 4 is 27.6 Å². The fourth-order valence-electron chi connectivity index (χ4n) is 1.42. The topological polar surface area (TPSA) is 17.3 Å². The Morgan fingerprint density at radius 2 is 2.29 bits per heavy atom. The molecule has 0 radical (unpaired) electrons. The van der Waals surface area contributed by atoms with Gasteiger partial charge >= 0.3 is 0 Å². The number of nitrogens with zero attached hydrogens (tertiary/aromatic N) is 2. The van der Waals surface area contributed by atoms with E-state index in [0.29, 0.717) is 0 Å². The van der Waals surface area contributed by atoms with Gasteiger partial charge < -0.3 is 0 Å². The molecule has 0 saturated carbocycles. The van der Waals surface area contributed by atoms with Crippen molar-refractivity contribution in [3.8, 4) is 10.6 Å². The van der Waals surface area contributed by atoms with E-state index in [1.54, 1.807) is 22.7 Å². The van der Waals surface area contributed by atoms with E-state index in [0.717, 1.165) is 10.7 Å². The zero-order chi connectivity index (χ0) is 9.54. The zero-order valence-electron chi connectivity index (χ0n) is 7.60. The summed E-state index contributed by atoms with van der Waals surface area (Å²) < 4.78 is 2.06. The summed E-state index contributed by atoms with van der Waals surface area (Å²) in [6, 6.07) is 4.26. The standard InChI is InChI=1S/C10H8N2S2/c1-7-2-3-9(14-7)8-6-12-4-5-13-10(12)11-8/h2-6H,1H3. The molecule has 0 amide bonds. The highest BCUT2D eigenvalue weighted by Crippen LogP contribution is 2.27. The average Bonchev–Trinajstić information content (AvgIpc) is 2.75. The highest BCUT2D eigenvalue weighted by molar-refractivity contribution is 7.16. The molecule has 0 aliphatic rings. The van der Waals surface area contributed by atoms with Gasteiger partial charge in [0.25, 0.3) is 0 Å². The number of imidazole rings is 1. The summed E-state index contributed by atoms with van der Waals surface area (Å²) in [6.45, 7) is 2.12. The van der Waals surface area contributed by atoms with Crippen LogP contribution in [0.25, 0.3) is 15.5 Å². The first-order valence-corrected chi connectivity index (χ1v) is 6.01. The van der Waals surface area contributed by atoms with Crippen LogP contribution in [0.4, 0.5) is 0 Å². The van der Waals surface area contributed by atoms with E-state index >= 15 is 0 Å². The molecular formula is C10H8N2S2. The fraction of sp³-hybridized carbons (Fsp3) is 0.100. The summed E-state index contributed by atoms with van der Waals surface area (Å²) in [7, 11) is 0. The lowest BCUT2D eigenvalue weighted by Crippen LogP contribution is -1.68. The monoisotopic (exact) mass is 220 g/mol. The maximum Gasteiger partial charge on any atom is 0.194 e. The van der Waals surface area contributed by atoms with E-state index in [2.05, 4.69) is 34.6 Å². The second-order valence-electron chi connectivity index (χ2n) is 3.13. The normalized spacial score (nSPS) is 11.2. The van der Waals surface area contributed by atoms with Crippen LogP contribution in [0.1, 0.15) is 4.88 Å². The van der Waals surface area contributed by atoms with Gasteiger partial charge in [-0.05, 0) is 19.1 Å². The molecule has 4 heteroatoms. The molecule has 70 valence electrons. The SMILES string of the molecule is Cc1ccc(-c2cn3ccsc3n2)s1. The molecule has 0 unspecified atom stereocenters. The maximum atomic E-state index is 4.55. The third-order valence-corrected chi connectivity index (χ3v) is 3.88. The van der Waals surface area contributed by atoms with Crippen molar-refractivity contribution in [3.05, 3.63) is 34.8 Å². The molecule has 0 fully saturated rings. The molecule has 0 aliphatic heterocycles. The minimum atomic E-state index is 1.06. The van der Waals surface area contributed by atoms with Gasteiger partial charge in [0, 0.05) is 22.7 Å². The van der Waals surface area contributed by atoms with Crippen molar-refractivity contribution in [2.45, 2.75) is 6.92 Å². The summed E-state index contributed by atoms with van der Waals surface area (Å²) in [5.41, 5.74) is 1.08. The van der Waals surface area contributed by atoms with E-state index in [9.17, 15) is 0 Å². The zero-order valence-corrected chi connectivity index (χ0v) is 9.23. The van der Waals surface area contributed by atoms with Gasteiger partial charge in [0.05, 0.1) is 4.88 Å². The Morgan fingerprint density at radius 1 is 1.36 bits per heavy atom. The molecule has 14 heavy (non-hydrogen) atoms. The minimum absolute atomic E-state index is 1.06. The third kappa shape index (κ3) is 1.19. The van der Waals surface area contributed by atoms with Crippen LogP contribution in [0.3, 0.4) is 0 Å². The van der Waals surface area contributed by atoms with Gasteiger partial charge in [0.15, 0.2) is 4.96 Å². The molecule has 0 aliphatic carbocycles. The smallest absolute Gasteiger partial charge is 0.194 e. The fourth-order valence-corrected chi connectivity index (χ4v) is 2.94. The number of aryl methyl sites for hydroxylation is 1. The van der Waals surface area contributed by atoms with Crippen LogP contribution in [0.2, 0.25) is 0 Å². The van der Waals surface area contributed by atoms with Gasteiger partial charge in [-0.15, -0.1) is 22.7 Å². The van der Waals surface area contributed by atoms with Gasteiger partial charge in [0.1, 0.15) is 5.69 Å². The number of thiophene rings is 1. The predicted molar refractivity (Wildman–Crippen MR) is 61.1 cm³/mol. The molecule has 0 atom stereocenters. The van der Waals surface area contributed by atoms with Gasteiger partial charge in [0.2, 0.25) is 0 Å². The van der Waals surface area contributed by atoms with E-state index in [4.69, 9.17) is 0 Å². The summed E-state index contributed by atoms with van der Waals surface area (Å²) >= 11 is 3.45. The Kier molecular flexibility index (Phi) is 1.72. The summed E-state index contributed by atoms with van der Waals surface area (Å²) in [5, 5.41) is 2.05. The van der Waals surface area contributed by atoms with Gasteiger partial charge in [-0.1, -0.05) is 0 Å². The largest absolute Gasteiger partial charge is 0.297 e. The van der Waals surface area contributed by atoms with Crippen molar-refractivity contribution in [2.75, 3.05) is 0 Å². The molecule has 3 heterocycles. The molecule has 0 bridgehead atoms. The number of hydrogen-bond donors (Lipinski definition) is 0. The maximum absolute atomic E-state index is 4.55. The number of rotatable bonds is 1. The Morgan fingerprint density at radius 3 is 3.00 bits per heavy atom. The molecule has 0 saturated heterocycles. The second kappa shape index (κ2) is 2.93. The van der Waals surface area contributed by atoms with Crippen molar-refractivity contribution in [2.24, 2.45) is 0 Å². The number of aromatic nitrogens is 2. The van der Waals surface area contributed by atoms with Crippen molar-refractivity contribution in [1.29, 1.82) is 0 Å². The minimum Gasteiger partial charge on any atom is -0.297 e. The highest BCUT2D eigenvalue weighted by atomic mass is 32.1. The first-order valence-electron chi connectivity index (χ1n) is 4.32. The molecular weight excluding hydrogens is 212 g/mol. The van der Waals surface area contributed by atoms with Crippen LogP contribution in [0, 0.1) is 6.92 Å². The van der Waals surface area contributed by atoms with E-state index in [1.807, 2.05) is 11.6 Å². The highest BCUT2D eigenvalue weighted by Gasteiger charge is 2.06. The molecule has 3 aromatic heterocycles. The lowest BCUT2D eigenvalue weighted by Gasteiger charge is -1.85. The van der Waals surface area contributed by atoms with E-state index < -0.39 is 0 Å². The predicted octanol–water partition coefficient (Wildman–Crippen LogP) is 3.43. The summed E-state index contributed by atoms with van der Waals surface area (Å²) in [6.07, 6.45) is 4.12. The molecule has 0 N–H and O–H groups in total. The lowest BCUT2D eigenvalue weighted by atomic mass is 10.4. The van der Waals surface area contributed by atoms with Crippen LogP contribution in [0.5, 0.6) is 0 Å². The quantitative estimate of drug-likeness (QED) is 0.614. The van der Waals surface area contributed by atoms with Crippen LogP contribution in [-0.4, -0.2) is 9.38 Å². The molecule has 2 nitrogen and oxygen atoms in total. The van der Waals surface area contributed by atoms with E-state index in [1.165, 1.54) is 9.75 Å². The first-order chi connectivity index (χ1) is 6.83. The van der Waals surface area contributed by atoms with Crippen LogP contribution in [0.15, 0.2) is 29.9 Å². The van der Waals surface area contributed by atoms with Crippen molar-refractivity contribution < 1.29 is 0 Å². The second-order valence-corrected chi connectivity index (χ2v) is 5.29. The molecule has 0 spiro atoms. The van der Waals surface area contributed by atoms with Crippen molar-refractivity contribution in [1.82, 2.24) is 9.38 Å². The Hall–Kier alpha value is -1.13. The average molecular weight is 220 g/mol. The Bertz CT molecular complexity index is 545. The number of fused-ring (bicyclic) bond motifs is 1. The Labute approximate surface area is 89.5 Å². The number of hydrogen-bond acceptors (Lipinski definition) is 3. The summed E-state index contributed by atoms with van der Waals surface area (Å²) in [4.78, 5) is 8.19. The summed E-state index contributed by atoms with van der Waals surface area (Å²) in [5.74, 6) is 0. The van der Waals surface area contributed by atoms with Crippen LogP contribution >= 0.6 is 22.7 Å². The Balaban J connectivity index is 2.18. The lowest BCUT2D eigenvalue weighted by molar-refractivity contribution is 1.23. The van der Waals surface area contributed by atoms with E-state index in [-0.39, 0.29) is 0 Å².